The molecule has 0 radical (unpaired) electrons. The molecule has 120 valence electrons. The molecule has 0 saturated heterocycles. The Kier molecular flexibility index (Phi) is 5.30. The summed E-state index contributed by atoms with van der Waals surface area (Å²) in [6.45, 7) is 3.67. The van der Waals surface area contributed by atoms with Crippen LogP contribution in [0, 0.1) is 10.1 Å². The summed E-state index contributed by atoms with van der Waals surface area (Å²) in [5, 5.41) is 16.6. The first-order valence-corrected chi connectivity index (χ1v) is 7.33. The summed E-state index contributed by atoms with van der Waals surface area (Å²) in [6, 6.07) is 15.1. The molecule has 0 aromatic heterocycles. The van der Waals surface area contributed by atoms with Gasteiger partial charge in [-0.15, -0.1) is 0 Å². The minimum Gasteiger partial charge on any atom is -0.374 e. The zero-order valence-corrected chi connectivity index (χ0v) is 13.0. The van der Waals surface area contributed by atoms with Crippen molar-refractivity contribution < 1.29 is 9.72 Å². The molecule has 0 fully saturated rings. The van der Waals surface area contributed by atoms with E-state index in [1.54, 1.807) is 19.1 Å². The van der Waals surface area contributed by atoms with E-state index in [-0.39, 0.29) is 17.6 Å². The van der Waals surface area contributed by atoms with E-state index in [1.165, 1.54) is 12.1 Å². The van der Waals surface area contributed by atoms with Gasteiger partial charge < -0.3 is 10.6 Å². The maximum atomic E-state index is 12.2. The Hall–Kier alpha value is -2.89. The number of nitro benzene ring substituents is 1. The van der Waals surface area contributed by atoms with Crippen LogP contribution in [0.2, 0.25) is 0 Å². The molecule has 6 heteroatoms. The molecular weight excluding hydrogens is 294 g/mol. The highest BCUT2D eigenvalue weighted by molar-refractivity contribution is 5.84. The van der Waals surface area contributed by atoms with Gasteiger partial charge in [0, 0.05) is 17.8 Å². The Morgan fingerprint density at radius 3 is 2.22 bits per heavy atom. The Labute approximate surface area is 134 Å². The fourth-order valence-electron chi connectivity index (χ4n) is 2.16. The number of hydrogen-bond donors (Lipinski definition) is 2. The van der Waals surface area contributed by atoms with E-state index in [4.69, 9.17) is 0 Å². The Balaban J connectivity index is 1.93. The van der Waals surface area contributed by atoms with Crippen LogP contribution in [0.1, 0.15) is 25.5 Å². The fraction of sp³-hybridized carbons (Fsp3) is 0.235. The smallest absolute Gasteiger partial charge is 0.269 e. The van der Waals surface area contributed by atoms with E-state index in [0.717, 1.165) is 5.56 Å². The summed E-state index contributed by atoms with van der Waals surface area (Å²) in [4.78, 5) is 22.4. The number of carbonyl (C=O) groups is 1. The van der Waals surface area contributed by atoms with Crippen molar-refractivity contribution in [3.05, 3.63) is 70.3 Å². The lowest BCUT2D eigenvalue weighted by Gasteiger charge is -2.19. The summed E-state index contributed by atoms with van der Waals surface area (Å²) >= 11 is 0. The van der Waals surface area contributed by atoms with E-state index in [9.17, 15) is 14.9 Å². The normalized spacial score (nSPS) is 13.0. The van der Waals surface area contributed by atoms with Crippen LogP contribution in [-0.2, 0) is 4.79 Å². The SMILES string of the molecule is CC(Nc1ccc([N+](=O)[O-])cc1)C(=O)NC(C)c1ccccc1. The number of nitrogens with one attached hydrogen (secondary N) is 2. The Bertz CT molecular complexity index is 671. The molecule has 0 aliphatic carbocycles. The molecule has 0 aliphatic heterocycles. The fourth-order valence-corrected chi connectivity index (χ4v) is 2.16. The van der Waals surface area contributed by atoms with E-state index in [2.05, 4.69) is 10.6 Å². The third-order valence-electron chi connectivity index (χ3n) is 3.51. The van der Waals surface area contributed by atoms with Gasteiger partial charge in [0.2, 0.25) is 5.91 Å². The summed E-state index contributed by atoms with van der Waals surface area (Å²) in [6.07, 6.45) is 0. The lowest BCUT2D eigenvalue weighted by atomic mass is 10.1. The van der Waals surface area contributed by atoms with Crippen molar-refractivity contribution in [3.63, 3.8) is 0 Å². The molecule has 1 amide bonds. The predicted molar refractivity (Wildman–Crippen MR) is 89.2 cm³/mol. The molecule has 2 atom stereocenters. The van der Waals surface area contributed by atoms with Gasteiger partial charge in [0.1, 0.15) is 6.04 Å². The highest BCUT2D eigenvalue weighted by atomic mass is 16.6. The minimum atomic E-state index is -0.457. The second-order valence-corrected chi connectivity index (χ2v) is 5.31. The van der Waals surface area contributed by atoms with Crippen molar-refractivity contribution in [1.29, 1.82) is 0 Å². The average molecular weight is 313 g/mol. The lowest BCUT2D eigenvalue weighted by molar-refractivity contribution is -0.384. The first-order chi connectivity index (χ1) is 11.0. The van der Waals surface area contributed by atoms with Gasteiger partial charge >= 0.3 is 0 Å². The molecule has 2 N–H and O–H groups in total. The number of hydrogen-bond acceptors (Lipinski definition) is 4. The summed E-state index contributed by atoms with van der Waals surface area (Å²) in [7, 11) is 0. The molecule has 0 spiro atoms. The van der Waals surface area contributed by atoms with Crippen LogP contribution < -0.4 is 10.6 Å². The summed E-state index contributed by atoms with van der Waals surface area (Å²) in [5.74, 6) is -0.139. The maximum absolute atomic E-state index is 12.2. The van der Waals surface area contributed by atoms with Crippen LogP contribution in [-0.4, -0.2) is 16.9 Å². The molecule has 2 aromatic rings. The number of anilines is 1. The van der Waals surface area contributed by atoms with Gasteiger partial charge in [-0.1, -0.05) is 30.3 Å². The van der Waals surface area contributed by atoms with Crippen LogP contribution in [0.4, 0.5) is 11.4 Å². The zero-order chi connectivity index (χ0) is 16.8. The van der Waals surface area contributed by atoms with Crippen LogP contribution >= 0.6 is 0 Å². The number of rotatable bonds is 6. The second-order valence-electron chi connectivity index (χ2n) is 5.31. The molecule has 2 aromatic carbocycles. The Morgan fingerprint density at radius 1 is 1.04 bits per heavy atom. The number of carbonyl (C=O) groups excluding carboxylic acids is 1. The summed E-state index contributed by atoms with van der Waals surface area (Å²) < 4.78 is 0. The quantitative estimate of drug-likeness (QED) is 0.633. The monoisotopic (exact) mass is 313 g/mol. The van der Waals surface area contributed by atoms with Crippen molar-refractivity contribution in [2.24, 2.45) is 0 Å². The topological polar surface area (TPSA) is 84.3 Å². The summed E-state index contributed by atoms with van der Waals surface area (Å²) in [5.41, 5.74) is 1.71. The third kappa shape index (κ3) is 4.54. The van der Waals surface area contributed by atoms with Gasteiger partial charge in [-0.05, 0) is 31.5 Å². The first-order valence-electron chi connectivity index (χ1n) is 7.33. The standard InChI is InChI=1S/C17H19N3O3/c1-12(14-6-4-3-5-7-14)19-17(21)13(2)18-15-8-10-16(11-9-15)20(22)23/h3-13,18H,1-2H3,(H,19,21). The van der Waals surface area contributed by atoms with Gasteiger partial charge in [-0.3, -0.25) is 14.9 Å². The second kappa shape index (κ2) is 7.40. The number of benzene rings is 2. The minimum absolute atomic E-state index is 0.0188. The lowest BCUT2D eigenvalue weighted by Crippen LogP contribution is -2.38. The van der Waals surface area contributed by atoms with Gasteiger partial charge in [-0.25, -0.2) is 0 Å². The maximum Gasteiger partial charge on any atom is 0.269 e. The highest BCUT2D eigenvalue weighted by Gasteiger charge is 2.16. The number of amides is 1. The van der Waals surface area contributed by atoms with E-state index >= 15 is 0 Å². The van der Waals surface area contributed by atoms with Gasteiger partial charge in [0.15, 0.2) is 0 Å². The molecule has 0 saturated carbocycles. The predicted octanol–water partition coefficient (Wildman–Crippen LogP) is 3.27. The molecule has 2 unspecified atom stereocenters. The average Bonchev–Trinajstić information content (AvgIpc) is 2.56. The molecule has 0 heterocycles. The van der Waals surface area contributed by atoms with Gasteiger partial charge in [0.25, 0.3) is 5.69 Å². The van der Waals surface area contributed by atoms with Gasteiger partial charge in [-0.2, -0.15) is 0 Å². The van der Waals surface area contributed by atoms with Crippen molar-refractivity contribution in [3.8, 4) is 0 Å². The van der Waals surface area contributed by atoms with Crippen molar-refractivity contribution in [2.75, 3.05) is 5.32 Å². The Morgan fingerprint density at radius 2 is 1.65 bits per heavy atom. The zero-order valence-electron chi connectivity index (χ0n) is 13.0. The van der Waals surface area contributed by atoms with Crippen LogP contribution in [0.5, 0.6) is 0 Å². The van der Waals surface area contributed by atoms with Crippen molar-refractivity contribution in [2.45, 2.75) is 25.9 Å². The van der Waals surface area contributed by atoms with E-state index in [1.807, 2.05) is 37.3 Å². The van der Waals surface area contributed by atoms with Crippen molar-refractivity contribution >= 4 is 17.3 Å². The van der Waals surface area contributed by atoms with Crippen LogP contribution in [0.3, 0.4) is 0 Å². The molecule has 0 aliphatic rings. The van der Waals surface area contributed by atoms with E-state index in [0.29, 0.717) is 5.69 Å². The van der Waals surface area contributed by atoms with E-state index < -0.39 is 11.0 Å². The highest BCUT2D eigenvalue weighted by Crippen LogP contribution is 2.16. The molecule has 2 rings (SSSR count). The first kappa shape index (κ1) is 16.5. The van der Waals surface area contributed by atoms with Crippen LogP contribution in [0.25, 0.3) is 0 Å². The largest absolute Gasteiger partial charge is 0.374 e. The molecule has 6 nitrogen and oxygen atoms in total. The number of nitro groups is 1. The molecule has 23 heavy (non-hydrogen) atoms. The number of non-ortho nitro benzene ring substituents is 1. The molecular formula is C17H19N3O3. The molecule has 0 bridgehead atoms. The third-order valence-corrected chi connectivity index (χ3v) is 3.51. The van der Waals surface area contributed by atoms with Crippen molar-refractivity contribution in [1.82, 2.24) is 5.32 Å². The van der Waals surface area contributed by atoms with Gasteiger partial charge in [0.05, 0.1) is 11.0 Å². The van der Waals surface area contributed by atoms with Crippen LogP contribution in [0.15, 0.2) is 54.6 Å². The number of nitrogens with zero attached hydrogens (tertiary/aromatic N) is 1.